The number of ketones is 4. The Kier molecular flexibility index (Phi) is 6.11. The number of rotatable bonds is 4. The zero-order valence-electron chi connectivity index (χ0n) is 21.0. The number of primary amides is 1. The molecule has 0 aliphatic heterocycles. The van der Waals surface area contributed by atoms with Crippen molar-refractivity contribution in [3.8, 4) is 16.9 Å². The van der Waals surface area contributed by atoms with Gasteiger partial charge in [0.05, 0.1) is 23.1 Å². The van der Waals surface area contributed by atoms with Gasteiger partial charge in [0, 0.05) is 5.92 Å². The number of phenols is 1. The fourth-order valence-corrected chi connectivity index (χ4v) is 6.68. The van der Waals surface area contributed by atoms with Gasteiger partial charge in [-0.3, -0.25) is 33.7 Å². The number of aldehydes is 1. The van der Waals surface area contributed by atoms with Gasteiger partial charge in [-0.1, -0.05) is 12.1 Å². The van der Waals surface area contributed by atoms with Crippen molar-refractivity contribution in [1.82, 2.24) is 4.90 Å². The number of benzene rings is 2. The molecule has 1 amide bonds. The third-order valence-electron chi connectivity index (χ3n) is 8.38. The second kappa shape index (κ2) is 8.99. The molecule has 39 heavy (non-hydrogen) atoms. The molecule has 2 aromatic rings. The van der Waals surface area contributed by atoms with Gasteiger partial charge in [0.2, 0.25) is 5.91 Å². The van der Waals surface area contributed by atoms with Crippen LogP contribution >= 0.6 is 0 Å². The molecule has 6 unspecified atom stereocenters. The van der Waals surface area contributed by atoms with Crippen LogP contribution in [-0.4, -0.2) is 76.2 Å². The molecule has 0 saturated heterocycles. The van der Waals surface area contributed by atoms with Gasteiger partial charge in [0.15, 0.2) is 40.9 Å². The van der Waals surface area contributed by atoms with E-state index in [1.807, 2.05) is 0 Å². The number of aromatic hydroxyl groups is 1. The summed E-state index contributed by atoms with van der Waals surface area (Å²) in [6.45, 7) is 0. The largest absolute Gasteiger partial charge is 0.507 e. The molecule has 0 spiro atoms. The second-order valence-electron chi connectivity index (χ2n) is 10.6. The van der Waals surface area contributed by atoms with Crippen molar-refractivity contribution in [3.63, 3.8) is 0 Å². The number of nitrogens with two attached hydrogens (primary N) is 1. The summed E-state index contributed by atoms with van der Waals surface area (Å²) in [6.07, 6.45) is 0.302. The van der Waals surface area contributed by atoms with E-state index < -0.39 is 75.9 Å². The van der Waals surface area contributed by atoms with Crippen LogP contribution in [0.25, 0.3) is 11.1 Å². The number of phenolic OH excluding ortho intramolecular Hbond substituents is 1. The normalized spacial score (nSPS) is 30.0. The molecule has 2 fully saturated rings. The quantitative estimate of drug-likeness (QED) is 0.371. The van der Waals surface area contributed by atoms with Crippen molar-refractivity contribution in [3.05, 3.63) is 52.8 Å². The smallest absolute Gasteiger partial charge is 0.235 e. The first-order chi connectivity index (χ1) is 18.3. The van der Waals surface area contributed by atoms with Crippen LogP contribution in [0.3, 0.4) is 0 Å². The van der Waals surface area contributed by atoms with Crippen LogP contribution < -0.4 is 5.73 Å². The summed E-state index contributed by atoms with van der Waals surface area (Å²) in [5, 5.41) is 22.2. The third-order valence-corrected chi connectivity index (χ3v) is 8.38. The number of likely N-dealkylation sites (N-methyl/N-ethyl adjacent to an activating group) is 1. The monoisotopic (exact) mass is 536 g/mol. The molecular weight excluding hydrogens is 511 g/mol. The first-order valence-electron chi connectivity index (χ1n) is 12.3. The van der Waals surface area contributed by atoms with E-state index in [0.29, 0.717) is 23.0 Å². The van der Waals surface area contributed by atoms with Gasteiger partial charge in [-0.15, -0.1) is 0 Å². The molecule has 4 N–H and O–H groups in total. The molecule has 202 valence electrons. The Hall–Kier alpha value is -4.09. The Balaban J connectivity index is 1.66. The SMILES string of the molecule is CN(C)C1C(=O)C(C(N)=O)C(=O)C2(O)C(=O)C3C(=O)c4c(O)ccc(-c5ccc(F)c(C=O)c5)c4CC3CC12. The molecule has 6 atom stereocenters. The van der Waals surface area contributed by atoms with Crippen molar-refractivity contribution in [1.29, 1.82) is 0 Å². The Morgan fingerprint density at radius 1 is 1.13 bits per heavy atom. The maximum Gasteiger partial charge on any atom is 0.235 e. The number of hydrogen-bond acceptors (Lipinski definition) is 9. The van der Waals surface area contributed by atoms with Crippen LogP contribution in [-0.2, 0) is 25.6 Å². The topological polar surface area (TPSA) is 172 Å². The van der Waals surface area contributed by atoms with E-state index in [0.717, 1.165) is 6.07 Å². The molecule has 0 aromatic heterocycles. The molecule has 0 bridgehead atoms. The van der Waals surface area contributed by atoms with E-state index in [2.05, 4.69) is 0 Å². The molecule has 0 radical (unpaired) electrons. The minimum Gasteiger partial charge on any atom is -0.507 e. The molecule has 10 nitrogen and oxygen atoms in total. The lowest BCUT2D eigenvalue weighted by Crippen LogP contribution is -2.74. The first kappa shape index (κ1) is 26.5. The predicted molar refractivity (Wildman–Crippen MR) is 132 cm³/mol. The van der Waals surface area contributed by atoms with Gasteiger partial charge >= 0.3 is 0 Å². The molecule has 11 heteroatoms. The molecular formula is C28H25FN2O8. The Morgan fingerprint density at radius 2 is 1.82 bits per heavy atom. The fraction of sp³-hybridized carbons (Fsp3) is 0.357. The van der Waals surface area contributed by atoms with Crippen LogP contribution in [0.2, 0.25) is 0 Å². The highest BCUT2D eigenvalue weighted by Crippen LogP contribution is 2.51. The van der Waals surface area contributed by atoms with E-state index in [-0.39, 0.29) is 24.0 Å². The predicted octanol–water partition coefficient (Wildman–Crippen LogP) is 0.486. The van der Waals surface area contributed by atoms with E-state index in [9.17, 15) is 43.4 Å². The number of nitrogens with zero attached hydrogens (tertiary/aromatic N) is 1. The number of carbonyl (C=O) groups is 6. The lowest BCUT2D eigenvalue weighted by molar-refractivity contribution is -0.181. The summed E-state index contributed by atoms with van der Waals surface area (Å²) >= 11 is 0. The first-order valence-corrected chi connectivity index (χ1v) is 12.3. The average Bonchev–Trinajstić information content (AvgIpc) is 2.86. The van der Waals surface area contributed by atoms with Crippen molar-refractivity contribution in [2.45, 2.75) is 24.5 Å². The van der Waals surface area contributed by atoms with Crippen molar-refractivity contribution >= 4 is 35.3 Å². The molecule has 3 aliphatic carbocycles. The van der Waals surface area contributed by atoms with Crippen molar-refractivity contribution in [2.24, 2.45) is 29.4 Å². The zero-order chi connectivity index (χ0) is 28.5. The maximum atomic E-state index is 14.0. The van der Waals surface area contributed by atoms with Crippen molar-refractivity contribution in [2.75, 3.05) is 14.1 Å². The van der Waals surface area contributed by atoms with Gasteiger partial charge in [0.1, 0.15) is 11.6 Å². The maximum absolute atomic E-state index is 14.0. The summed E-state index contributed by atoms with van der Waals surface area (Å²) < 4.78 is 14.0. The average molecular weight is 537 g/mol. The Labute approximate surface area is 221 Å². The number of hydrogen-bond donors (Lipinski definition) is 3. The summed E-state index contributed by atoms with van der Waals surface area (Å²) in [7, 11) is 3.01. The lowest BCUT2D eigenvalue weighted by atomic mass is 9.52. The summed E-state index contributed by atoms with van der Waals surface area (Å²) in [4.78, 5) is 78.9. The summed E-state index contributed by atoms with van der Waals surface area (Å²) in [5.41, 5.74) is 3.31. The van der Waals surface area contributed by atoms with Gasteiger partial charge in [0.25, 0.3) is 0 Å². The molecule has 5 rings (SSSR count). The van der Waals surface area contributed by atoms with Gasteiger partial charge < -0.3 is 15.9 Å². The molecule has 2 aromatic carbocycles. The van der Waals surface area contributed by atoms with E-state index >= 15 is 0 Å². The van der Waals surface area contributed by atoms with E-state index in [1.165, 1.54) is 43.3 Å². The van der Waals surface area contributed by atoms with Gasteiger partial charge in [-0.05, 0) is 67.7 Å². The third kappa shape index (κ3) is 3.60. The summed E-state index contributed by atoms with van der Waals surface area (Å²) in [5.74, 6) is -12.2. The minimum absolute atomic E-state index is 0.0450. The Bertz CT molecular complexity index is 1500. The number of amides is 1. The standard InChI is InChI=1S/C28H25FN2O8/c1-31(2)22-16-9-12-8-15-14(11-3-5-17(29)13(7-11)10-32)4-6-18(33)20(15)23(34)19(12)25(36)28(16,39)26(37)21(24(22)35)27(30)38/h3-7,10,12,16,19,21-22,33,39H,8-9H2,1-2H3,(H2,30,38). The minimum atomic E-state index is -2.81. The number of fused-ring (bicyclic) bond motifs is 3. The van der Waals surface area contributed by atoms with Crippen LogP contribution in [0.15, 0.2) is 30.3 Å². The Morgan fingerprint density at radius 3 is 2.44 bits per heavy atom. The summed E-state index contributed by atoms with van der Waals surface area (Å²) in [6, 6.07) is 5.37. The van der Waals surface area contributed by atoms with Crippen LogP contribution in [0.5, 0.6) is 5.75 Å². The van der Waals surface area contributed by atoms with Crippen LogP contribution in [0, 0.1) is 29.5 Å². The van der Waals surface area contributed by atoms with Gasteiger partial charge in [-0.25, -0.2) is 4.39 Å². The molecule has 2 saturated carbocycles. The molecule has 0 heterocycles. The zero-order valence-corrected chi connectivity index (χ0v) is 21.0. The highest BCUT2D eigenvalue weighted by molar-refractivity contribution is 6.32. The molecule has 3 aliphatic rings. The highest BCUT2D eigenvalue weighted by atomic mass is 19.1. The number of carbonyl (C=O) groups excluding carboxylic acids is 6. The van der Waals surface area contributed by atoms with Gasteiger partial charge in [-0.2, -0.15) is 0 Å². The van der Waals surface area contributed by atoms with Crippen molar-refractivity contribution < 1.29 is 43.4 Å². The number of halogens is 1. The highest BCUT2D eigenvalue weighted by Gasteiger charge is 2.69. The van der Waals surface area contributed by atoms with Crippen LogP contribution in [0.1, 0.15) is 32.7 Å². The second-order valence-corrected chi connectivity index (χ2v) is 10.6. The van der Waals surface area contributed by atoms with E-state index in [1.54, 1.807) is 0 Å². The lowest BCUT2D eigenvalue weighted by Gasteiger charge is -2.52. The number of Topliss-reactive ketones (excluding diaryl/α,β-unsaturated/α-hetero) is 4. The van der Waals surface area contributed by atoms with E-state index in [4.69, 9.17) is 5.73 Å². The fourth-order valence-electron chi connectivity index (χ4n) is 6.68. The number of aliphatic hydroxyl groups is 1. The van der Waals surface area contributed by atoms with Crippen LogP contribution in [0.4, 0.5) is 4.39 Å².